The molecule has 0 aromatic carbocycles. The van der Waals surface area contributed by atoms with Crippen molar-refractivity contribution in [3.05, 3.63) is 12.7 Å². The highest BCUT2D eigenvalue weighted by Crippen LogP contribution is 2.43. The van der Waals surface area contributed by atoms with E-state index < -0.39 is 24.9 Å². The summed E-state index contributed by atoms with van der Waals surface area (Å²) in [4.78, 5) is 17.8. The second-order valence-corrected chi connectivity index (χ2v) is 30.5. The molecule has 1 aliphatic heterocycles. The first-order valence-electron chi connectivity index (χ1n) is 14.4. The van der Waals surface area contributed by atoms with Gasteiger partial charge in [-0.2, -0.15) is 0 Å². The minimum Gasteiger partial charge on any atom is -0.414 e. The van der Waals surface area contributed by atoms with Crippen LogP contribution in [0.4, 0.5) is 5.82 Å². The summed E-state index contributed by atoms with van der Waals surface area (Å²) >= 11 is 0. The average Bonchev–Trinajstić information content (AvgIpc) is 3.34. The standard InChI is InChI=1S/C28H55N5O3Si3/c1-26(2,3)37(10,11)32-24-23-25(30-18-29-24)33(19-31-23)22-16-20(36-39(14,15)28(7,8)9)21(35-22)17-34-38(12,13)27(4,5)6/h18-22H,16-17H2,1-15H3,(H,29,30,32)/t20-,21+,22?/m1/s1. The van der Waals surface area contributed by atoms with E-state index in [1.165, 1.54) is 0 Å². The number of ether oxygens (including phenoxy) is 1. The SMILES string of the molecule is CC(C)(C)[Si](C)(C)Nc1ncnc2c1ncn2C1C[C@@H](O[Si](C)(C)C(C)(C)C)[C@H](CO[Si](C)(C)C(C)(C)C)O1. The summed E-state index contributed by atoms with van der Waals surface area (Å²) in [5, 5.41) is 0.397. The van der Waals surface area contributed by atoms with E-state index in [9.17, 15) is 0 Å². The molecule has 1 aliphatic rings. The lowest BCUT2D eigenvalue weighted by atomic mass is 10.2. The molecule has 0 amide bonds. The largest absolute Gasteiger partial charge is 0.414 e. The molecule has 0 saturated carbocycles. The second-order valence-electron chi connectivity index (χ2n) is 15.9. The number of hydrogen-bond donors (Lipinski definition) is 1. The molecule has 1 unspecified atom stereocenters. The van der Waals surface area contributed by atoms with Crippen LogP contribution in [0.2, 0.25) is 54.4 Å². The molecule has 2 aromatic rings. The summed E-state index contributed by atoms with van der Waals surface area (Å²) in [6.07, 6.45) is 3.78. The minimum absolute atomic E-state index is 0.0511. The predicted octanol–water partition coefficient (Wildman–Crippen LogP) is 7.94. The predicted molar refractivity (Wildman–Crippen MR) is 170 cm³/mol. The maximum Gasteiger partial charge on any atom is 0.192 e. The maximum absolute atomic E-state index is 6.97. The third-order valence-corrected chi connectivity index (χ3v) is 23.4. The Labute approximate surface area is 240 Å². The van der Waals surface area contributed by atoms with Crippen LogP contribution < -0.4 is 4.98 Å². The highest BCUT2D eigenvalue weighted by molar-refractivity contribution is 6.83. The Morgan fingerprint density at radius 1 is 0.872 bits per heavy atom. The van der Waals surface area contributed by atoms with Gasteiger partial charge in [0.2, 0.25) is 0 Å². The van der Waals surface area contributed by atoms with Crippen LogP contribution in [0.15, 0.2) is 12.7 Å². The van der Waals surface area contributed by atoms with Gasteiger partial charge < -0.3 is 18.6 Å². The number of nitrogens with one attached hydrogen (secondary N) is 1. The number of fused-ring (bicyclic) bond motifs is 1. The molecule has 0 radical (unpaired) electrons. The Hall–Kier alpha value is -1.12. The lowest BCUT2D eigenvalue weighted by molar-refractivity contribution is -0.0383. The first kappa shape index (κ1) is 32.4. The molecule has 3 heterocycles. The minimum atomic E-state index is -2.03. The van der Waals surface area contributed by atoms with Gasteiger partial charge in [-0.05, 0) is 41.3 Å². The molecule has 0 spiro atoms. The van der Waals surface area contributed by atoms with E-state index in [1.807, 2.05) is 6.33 Å². The number of rotatable bonds is 8. The van der Waals surface area contributed by atoms with Gasteiger partial charge in [0.15, 0.2) is 30.5 Å². The molecule has 3 atom stereocenters. The van der Waals surface area contributed by atoms with Crippen LogP contribution >= 0.6 is 0 Å². The third kappa shape index (κ3) is 6.86. The zero-order valence-electron chi connectivity index (χ0n) is 27.3. The molecule has 1 N–H and O–H groups in total. The molecule has 1 saturated heterocycles. The topological polar surface area (TPSA) is 83.3 Å². The van der Waals surface area contributed by atoms with Gasteiger partial charge in [0.1, 0.15) is 30.0 Å². The Balaban J connectivity index is 1.92. The van der Waals surface area contributed by atoms with Crippen LogP contribution in [-0.4, -0.2) is 63.2 Å². The molecule has 0 bridgehead atoms. The Bertz CT molecular complexity index is 1150. The number of anilines is 1. The van der Waals surface area contributed by atoms with Crippen LogP contribution in [0, 0.1) is 0 Å². The summed E-state index contributed by atoms with van der Waals surface area (Å²) in [5.74, 6) is 0.801. The fourth-order valence-electron chi connectivity index (χ4n) is 3.85. The van der Waals surface area contributed by atoms with Crippen molar-refractivity contribution in [3.63, 3.8) is 0 Å². The van der Waals surface area contributed by atoms with E-state index >= 15 is 0 Å². The van der Waals surface area contributed by atoms with Crippen molar-refractivity contribution >= 4 is 41.9 Å². The lowest BCUT2D eigenvalue weighted by Crippen LogP contribution is -2.48. The zero-order valence-corrected chi connectivity index (χ0v) is 30.3. The van der Waals surface area contributed by atoms with Gasteiger partial charge in [0.05, 0.1) is 19.0 Å². The van der Waals surface area contributed by atoms with Crippen molar-refractivity contribution in [1.82, 2.24) is 19.5 Å². The van der Waals surface area contributed by atoms with Crippen molar-refractivity contribution in [2.24, 2.45) is 0 Å². The Morgan fingerprint density at radius 2 is 1.46 bits per heavy atom. The van der Waals surface area contributed by atoms with Crippen LogP contribution in [0.5, 0.6) is 0 Å². The van der Waals surface area contributed by atoms with E-state index in [4.69, 9.17) is 18.6 Å². The average molecular weight is 594 g/mol. The van der Waals surface area contributed by atoms with Gasteiger partial charge in [-0.1, -0.05) is 75.4 Å². The van der Waals surface area contributed by atoms with Gasteiger partial charge in [0.25, 0.3) is 0 Å². The summed E-state index contributed by atoms with van der Waals surface area (Å²) in [6, 6.07) is 0. The van der Waals surface area contributed by atoms with Gasteiger partial charge in [0, 0.05) is 6.42 Å². The number of hydrogen-bond acceptors (Lipinski definition) is 7. The summed E-state index contributed by atoms with van der Waals surface area (Å²) in [7, 11) is -5.81. The van der Waals surface area contributed by atoms with Gasteiger partial charge in [-0.15, -0.1) is 0 Å². The van der Waals surface area contributed by atoms with Gasteiger partial charge in [-0.3, -0.25) is 4.57 Å². The van der Waals surface area contributed by atoms with E-state index in [0.717, 1.165) is 23.4 Å². The van der Waals surface area contributed by atoms with Crippen molar-refractivity contribution in [2.75, 3.05) is 11.6 Å². The highest BCUT2D eigenvalue weighted by atomic mass is 28.4. The molecular weight excluding hydrogens is 539 g/mol. The lowest BCUT2D eigenvalue weighted by Gasteiger charge is -2.40. The summed E-state index contributed by atoms with van der Waals surface area (Å²) in [6.45, 7) is 34.9. The molecule has 39 heavy (non-hydrogen) atoms. The smallest absolute Gasteiger partial charge is 0.192 e. The zero-order chi connectivity index (χ0) is 29.8. The van der Waals surface area contributed by atoms with E-state index in [2.05, 4.69) is 121 Å². The molecular formula is C28H55N5O3Si3. The van der Waals surface area contributed by atoms with Gasteiger partial charge in [-0.25, -0.2) is 15.0 Å². The van der Waals surface area contributed by atoms with Crippen molar-refractivity contribution in [1.29, 1.82) is 0 Å². The summed E-state index contributed by atoms with van der Waals surface area (Å²) < 4.78 is 22.4. The molecule has 1 fully saturated rings. The van der Waals surface area contributed by atoms with Crippen LogP contribution in [0.1, 0.15) is 75.0 Å². The highest BCUT2D eigenvalue weighted by Gasteiger charge is 2.47. The Kier molecular flexibility index (Phi) is 8.82. The molecule has 222 valence electrons. The van der Waals surface area contributed by atoms with E-state index in [1.54, 1.807) is 6.33 Å². The number of imidazole rings is 1. The van der Waals surface area contributed by atoms with Gasteiger partial charge >= 0.3 is 0 Å². The monoisotopic (exact) mass is 593 g/mol. The number of nitrogens with zero attached hydrogens (tertiary/aromatic N) is 4. The van der Waals surface area contributed by atoms with E-state index in [-0.39, 0.29) is 33.6 Å². The molecule has 2 aromatic heterocycles. The quantitative estimate of drug-likeness (QED) is 0.311. The molecule has 8 nitrogen and oxygen atoms in total. The number of aromatic nitrogens is 4. The van der Waals surface area contributed by atoms with Crippen molar-refractivity contribution in [3.8, 4) is 0 Å². The van der Waals surface area contributed by atoms with Crippen LogP contribution in [0.25, 0.3) is 11.2 Å². The third-order valence-electron chi connectivity index (χ3n) is 9.82. The van der Waals surface area contributed by atoms with Crippen LogP contribution in [-0.2, 0) is 13.6 Å². The molecule has 11 heteroatoms. The van der Waals surface area contributed by atoms with Crippen molar-refractivity contribution in [2.45, 2.75) is 142 Å². The Morgan fingerprint density at radius 3 is 2.00 bits per heavy atom. The fourth-order valence-corrected chi connectivity index (χ4v) is 7.37. The molecule has 0 aliphatic carbocycles. The summed E-state index contributed by atoms with van der Waals surface area (Å²) in [5.41, 5.74) is 1.57. The molecule has 3 rings (SSSR count). The van der Waals surface area contributed by atoms with E-state index in [0.29, 0.717) is 6.61 Å². The first-order chi connectivity index (χ1) is 17.5. The second kappa shape index (κ2) is 10.6. The van der Waals surface area contributed by atoms with Crippen molar-refractivity contribution < 1.29 is 13.6 Å². The fraction of sp³-hybridized carbons (Fsp3) is 0.821. The van der Waals surface area contributed by atoms with Crippen LogP contribution in [0.3, 0.4) is 0 Å². The first-order valence-corrected chi connectivity index (χ1v) is 23.2. The maximum atomic E-state index is 6.97. The normalized spacial score (nSPS) is 22.1.